The topological polar surface area (TPSA) is 49.4 Å². The van der Waals surface area contributed by atoms with Crippen molar-refractivity contribution in [2.24, 2.45) is 0 Å². The van der Waals surface area contributed by atoms with E-state index in [2.05, 4.69) is 30.4 Å². The average Bonchev–Trinajstić information content (AvgIpc) is 2.48. The molecule has 0 aliphatic rings. The molecule has 1 aromatic rings. The Kier molecular flexibility index (Phi) is 8.26. The number of nitrogens with zero attached hydrogens (tertiary/aromatic N) is 1. The lowest BCUT2D eigenvalue weighted by Crippen LogP contribution is -2.31. The van der Waals surface area contributed by atoms with Crippen molar-refractivity contribution in [1.82, 2.24) is 10.2 Å². The molecule has 1 N–H and O–H groups in total. The van der Waals surface area contributed by atoms with E-state index >= 15 is 0 Å². The molecule has 1 rings (SSSR count). The molecule has 22 heavy (non-hydrogen) atoms. The first kappa shape index (κ1) is 18.2. The van der Waals surface area contributed by atoms with Gasteiger partial charge in [-0.1, -0.05) is 29.8 Å². The quantitative estimate of drug-likeness (QED) is 0.762. The molecule has 0 atom stereocenters. The number of hydrogen-bond acceptors (Lipinski definition) is 2. The van der Waals surface area contributed by atoms with Gasteiger partial charge in [0.25, 0.3) is 0 Å². The number of benzene rings is 1. The summed E-state index contributed by atoms with van der Waals surface area (Å²) in [5.41, 5.74) is 2.47. The fourth-order valence-electron chi connectivity index (χ4n) is 2.44. The predicted octanol–water partition coefficient (Wildman–Crippen LogP) is 2.69. The van der Waals surface area contributed by atoms with Gasteiger partial charge in [0, 0.05) is 32.5 Å². The molecular formula is C18H28N2O2. The van der Waals surface area contributed by atoms with E-state index in [1.54, 1.807) is 4.90 Å². The Morgan fingerprint density at radius 3 is 2.50 bits per heavy atom. The van der Waals surface area contributed by atoms with Gasteiger partial charge in [-0.05, 0) is 39.2 Å². The van der Waals surface area contributed by atoms with Crippen molar-refractivity contribution < 1.29 is 9.59 Å². The normalized spacial score (nSPS) is 10.3. The maximum atomic E-state index is 11.8. The maximum absolute atomic E-state index is 11.8. The van der Waals surface area contributed by atoms with Crippen LogP contribution in [-0.2, 0) is 16.0 Å². The summed E-state index contributed by atoms with van der Waals surface area (Å²) in [4.78, 5) is 25.4. The van der Waals surface area contributed by atoms with Crippen LogP contribution >= 0.6 is 0 Å². The van der Waals surface area contributed by atoms with Gasteiger partial charge in [0.15, 0.2) is 0 Å². The van der Waals surface area contributed by atoms with E-state index in [9.17, 15) is 9.59 Å². The summed E-state index contributed by atoms with van der Waals surface area (Å²) >= 11 is 0. The van der Waals surface area contributed by atoms with E-state index in [-0.39, 0.29) is 11.8 Å². The molecule has 122 valence electrons. The Balaban J connectivity index is 2.17. The summed E-state index contributed by atoms with van der Waals surface area (Å²) in [6.45, 7) is 8.12. The SMILES string of the molecule is CCN(CC)C(=O)CCCC(=O)NCCc1cccc(C)c1. The molecule has 0 bridgehead atoms. The van der Waals surface area contributed by atoms with Gasteiger partial charge >= 0.3 is 0 Å². The second-order valence-electron chi connectivity index (χ2n) is 5.51. The number of rotatable bonds is 9. The van der Waals surface area contributed by atoms with Crippen LogP contribution in [0.15, 0.2) is 24.3 Å². The maximum Gasteiger partial charge on any atom is 0.222 e. The van der Waals surface area contributed by atoms with Crippen molar-refractivity contribution in [3.63, 3.8) is 0 Å². The average molecular weight is 304 g/mol. The number of hydrogen-bond donors (Lipinski definition) is 1. The van der Waals surface area contributed by atoms with Crippen LogP contribution in [-0.4, -0.2) is 36.3 Å². The molecule has 4 heteroatoms. The van der Waals surface area contributed by atoms with Gasteiger partial charge in [0.2, 0.25) is 11.8 Å². The van der Waals surface area contributed by atoms with Crippen LogP contribution in [0.25, 0.3) is 0 Å². The lowest BCUT2D eigenvalue weighted by molar-refractivity contribution is -0.131. The molecule has 0 unspecified atom stereocenters. The Morgan fingerprint density at radius 2 is 1.86 bits per heavy atom. The van der Waals surface area contributed by atoms with Crippen molar-refractivity contribution in [2.75, 3.05) is 19.6 Å². The van der Waals surface area contributed by atoms with E-state index < -0.39 is 0 Å². The summed E-state index contributed by atoms with van der Waals surface area (Å²) in [5.74, 6) is 0.164. The number of carbonyl (C=O) groups excluding carboxylic acids is 2. The number of amides is 2. The van der Waals surface area contributed by atoms with Crippen LogP contribution in [0.5, 0.6) is 0 Å². The number of carbonyl (C=O) groups is 2. The summed E-state index contributed by atoms with van der Waals surface area (Å²) in [5, 5.41) is 2.92. The highest BCUT2D eigenvalue weighted by Crippen LogP contribution is 2.04. The van der Waals surface area contributed by atoms with E-state index in [1.165, 1.54) is 11.1 Å². The van der Waals surface area contributed by atoms with E-state index in [0.717, 1.165) is 19.5 Å². The van der Waals surface area contributed by atoms with Gasteiger partial charge in [-0.2, -0.15) is 0 Å². The highest BCUT2D eigenvalue weighted by molar-refractivity contribution is 5.78. The molecule has 0 fully saturated rings. The summed E-state index contributed by atoms with van der Waals surface area (Å²) in [6, 6.07) is 8.30. The zero-order valence-corrected chi connectivity index (χ0v) is 14.0. The van der Waals surface area contributed by atoms with Crippen LogP contribution in [0.2, 0.25) is 0 Å². The minimum Gasteiger partial charge on any atom is -0.356 e. The van der Waals surface area contributed by atoms with E-state index in [1.807, 2.05) is 19.9 Å². The third-order valence-corrected chi connectivity index (χ3v) is 3.73. The number of aryl methyl sites for hydroxylation is 1. The molecule has 0 aliphatic heterocycles. The number of nitrogens with one attached hydrogen (secondary N) is 1. The zero-order valence-electron chi connectivity index (χ0n) is 14.0. The van der Waals surface area contributed by atoms with Gasteiger partial charge < -0.3 is 10.2 Å². The van der Waals surface area contributed by atoms with Gasteiger partial charge in [-0.15, -0.1) is 0 Å². The summed E-state index contributed by atoms with van der Waals surface area (Å²) < 4.78 is 0. The first-order valence-electron chi connectivity index (χ1n) is 8.16. The molecule has 0 aromatic heterocycles. The summed E-state index contributed by atoms with van der Waals surface area (Å²) in [7, 11) is 0. The molecular weight excluding hydrogens is 276 g/mol. The fourth-order valence-corrected chi connectivity index (χ4v) is 2.44. The lowest BCUT2D eigenvalue weighted by Gasteiger charge is -2.18. The van der Waals surface area contributed by atoms with Gasteiger partial charge in [-0.3, -0.25) is 9.59 Å². The van der Waals surface area contributed by atoms with Crippen LogP contribution < -0.4 is 5.32 Å². The van der Waals surface area contributed by atoms with Crippen LogP contribution in [0.3, 0.4) is 0 Å². The third-order valence-electron chi connectivity index (χ3n) is 3.73. The second-order valence-corrected chi connectivity index (χ2v) is 5.51. The molecule has 0 aliphatic carbocycles. The lowest BCUT2D eigenvalue weighted by atomic mass is 10.1. The molecule has 0 radical (unpaired) electrons. The molecule has 0 saturated carbocycles. The van der Waals surface area contributed by atoms with Gasteiger partial charge in [-0.25, -0.2) is 0 Å². The zero-order chi connectivity index (χ0) is 16.4. The molecule has 1 aromatic carbocycles. The van der Waals surface area contributed by atoms with Crippen LogP contribution in [0.4, 0.5) is 0 Å². The van der Waals surface area contributed by atoms with Crippen molar-refractivity contribution in [1.29, 1.82) is 0 Å². The van der Waals surface area contributed by atoms with E-state index in [0.29, 0.717) is 25.8 Å². The van der Waals surface area contributed by atoms with E-state index in [4.69, 9.17) is 0 Å². The van der Waals surface area contributed by atoms with Crippen molar-refractivity contribution in [2.45, 2.75) is 46.5 Å². The van der Waals surface area contributed by atoms with Gasteiger partial charge in [0.1, 0.15) is 0 Å². The standard InChI is InChI=1S/C18H28N2O2/c1-4-20(5-2)18(22)11-7-10-17(21)19-13-12-16-9-6-8-15(3)14-16/h6,8-9,14H,4-5,7,10-13H2,1-3H3,(H,19,21). The molecule has 0 spiro atoms. The van der Waals surface area contributed by atoms with Crippen molar-refractivity contribution in [3.05, 3.63) is 35.4 Å². The second kappa shape index (κ2) is 9.98. The van der Waals surface area contributed by atoms with Gasteiger partial charge in [0.05, 0.1) is 0 Å². The highest BCUT2D eigenvalue weighted by atomic mass is 16.2. The Hall–Kier alpha value is -1.84. The monoisotopic (exact) mass is 304 g/mol. The molecule has 2 amide bonds. The fraction of sp³-hybridized carbons (Fsp3) is 0.556. The molecule has 4 nitrogen and oxygen atoms in total. The minimum absolute atomic E-state index is 0.0278. The Bertz CT molecular complexity index is 482. The molecule has 0 saturated heterocycles. The highest BCUT2D eigenvalue weighted by Gasteiger charge is 2.10. The first-order chi connectivity index (χ1) is 10.6. The molecule has 0 heterocycles. The van der Waals surface area contributed by atoms with Crippen LogP contribution in [0.1, 0.15) is 44.2 Å². The predicted molar refractivity (Wildman–Crippen MR) is 89.7 cm³/mol. The van der Waals surface area contributed by atoms with Crippen LogP contribution in [0, 0.1) is 6.92 Å². The third kappa shape index (κ3) is 6.74. The Morgan fingerprint density at radius 1 is 1.14 bits per heavy atom. The largest absolute Gasteiger partial charge is 0.356 e. The van der Waals surface area contributed by atoms with Crippen molar-refractivity contribution >= 4 is 11.8 Å². The minimum atomic E-state index is 0.0278. The smallest absolute Gasteiger partial charge is 0.222 e. The first-order valence-corrected chi connectivity index (χ1v) is 8.16. The van der Waals surface area contributed by atoms with Crippen molar-refractivity contribution in [3.8, 4) is 0 Å². The Labute approximate surface area is 133 Å². The summed E-state index contributed by atoms with van der Waals surface area (Å²) in [6.07, 6.45) is 2.32.